The number of aromatic nitrogens is 2. The molecule has 3 rings (SSSR count). The Morgan fingerprint density at radius 2 is 2.04 bits per heavy atom. The van der Waals surface area contributed by atoms with E-state index in [1.165, 1.54) is 0 Å². The van der Waals surface area contributed by atoms with Crippen LogP contribution in [0.3, 0.4) is 0 Å². The molecule has 138 valence electrons. The number of benzene rings is 1. The quantitative estimate of drug-likeness (QED) is 0.782. The molecule has 0 bridgehead atoms. The van der Waals surface area contributed by atoms with E-state index in [2.05, 4.69) is 25.5 Å². The fourth-order valence-electron chi connectivity index (χ4n) is 2.51. The Morgan fingerprint density at radius 1 is 1.23 bits per heavy atom. The van der Waals surface area contributed by atoms with Gasteiger partial charge in [0, 0.05) is 32.4 Å². The maximum Gasteiger partial charge on any atom is 0.274 e. The average molecular weight is 396 g/mol. The number of carbonyl (C=O) groups excluding carboxylic acids is 1. The van der Waals surface area contributed by atoms with Gasteiger partial charge in [-0.15, -0.1) is 0 Å². The maximum atomic E-state index is 12.4. The van der Waals surface area contributed by atoms with Crippen molar-refractivity contribution in [1.29, 1.82) is 0 Å². The molecule has 0 saturated carbocycles. The van der Waals surface area contributed by atoms with E-state index < -0.39 is 0 Å². The summed E-state index contributed by atoms with van der Waals surface area (Å²) in [4.78, 5) is 23.1. The third kappa shape index (κ3) is 5.04. The molecule has 0 unspecified atom stereocenters. The number of amides is 1. The van der Waals surface area contributed by atoms with Gasteiger partial charge in [0.05, 0.1) is 28.9 Å². The molecule has 1 amide bonds. The van der Waals surface area contributed by atoms with Crippen LogP contribution in [0.5, 0.6) is 0 Å². The summed E-state index contributed by atoms with van der Waals surface area (Å²) in [5, 5.41) is 6.51. The Morgan fingerprint density at radius 3 is 2.85 bits per heavy atom. The minimum Gasteiger partial charge on any atom is -0.379 e. The van der Waals surface area contributed by atoms with E-state index in [9.17, 15) is 4.79 Å². The lowest BCUT2D eigenvalue weighted by molar-refractivity contribution is 0.0398. The summed E-state index contributed by atoms with van der Waals surface area (Å²) in [5.41, 5.74) is 0.675. The molecule has 0 atom stereocenters. The summed E-state index contributed by atoms with van der Waals surface area (Å²) in [7, 11) is 0. The van der Waals surface area contributed by atoms with Crippen LogP contribution in [-0.4, -0.2) is 60.2 Å². The van der Waals surface area contributed by atoms with Crippen molar-refractivity contribution in [2.75, 3.05) is 50.0 Å². The summed E-state index contributed by atoms with van der Waals surface area (Å²) >= 11 is 12.1. The standard InChI is InChI=1S/C17H19Cl2N5O2/c18-12-2-1-3-13(15(12)19)22-16(25)14-4-5-20-17(23-14)21-6-7-24-8-10-26-11-9-24/h1-5H,6-11H2,(H,22,25)(H,20,21,23). The maximum absolute atomic E-state index is 12.4. The first-order valence-corrected chi connectivity index (χ1v) is 9.01. The zero-order valence-corrected chi connectivity index (χ0v) is 15.6. The third-order valence-electron chi connectivity index (χ3n) is 3.90. The van der Waals surface area contributed by atoms with Gasteiger partial charge in [0.2, 0.25) is 5.95 Å². The van der Waals surface area contributed by atoms with Crippen LogP contribution in [0.25, 0.3) is 0 Å². The molecule has 1 aliphatic heterocycles. The van der Waals surface area contributed by atoms with Crippen LogP contribution in [0.4, 0.5) is 11.6 Å². The lowest BCUT2D eigenvalue weighted by atomic mass is 10.3. The number of hydrogen-bond acceptors (Lipinski definition) is 6. The zero-order chi connectivity index (χ0) is 18.4. The van der Waals surface area contributed by atoms with E-state index in [1.54, 1.807) is 30.5 Å². The molecule has 1 fully saturated rings. The summed E-state index contributed by atoms with van der Waals surface area (Å²) < 4.78 is 5.32. The summed E-state index contributed by atoms with van der Waals surface area (Å²) in [6.07, 6.45) is 1.54. The highest BCUT2D eigenvalue weighted by Crippen LogP contribution is 2.29. The second-order valence-electron chi connectivity index (χ2n) is 5.70. The lowest BCUT2D eigenvalue weighted by Crippen LogP contribution is -2.39. The predicted molar refractivity (Wildman–Crippen MR) is 102 cm³/mol. The Hall–Kier alpha value is -1.93. The number of anilines is 2. The number of carbonyl (C=O) groups is 1. The molecule has 2 N–H and O–H groups in total. The Balaban J connectivity index is 1.57. The second-order valence-corrected chi connectivity index (χ2v) is 6.49. The van der Waals surface area contributed by atoms with Gasteiger partial charge in [-0.1, -0.05) is 29.3 Å². The van der Waals surface area contributed by atoms with Crippen LogP contribution in [-0.2, 0) is 4.74 Å². The third-order valence-corrected chi connectivity index (χ3v) is 4.72. The molecule has 1 aromatic carbocycles. The minimum atomic E-state index is -0.382. The largest absolute Gasteiger partial charge is 0.379 e. The molecule has 2 heterocycles. The van der Waals surface area contributed by atoms with Crippen molar-refractivity contribution in [1.82, 2.24) is 14.9 Å². The van der Waals surface area contributed by atoms with Gasteiger partial charge in [0.1, 0.15) is 5.69 Å². The van der Waals surface area contributed by atoms with Gasteiger partial charge in [-0.3, -0.25) is 9.69 Å². The number of nitrogens with one attached hydrogen (secondary N) is 2. The van der Waals surface area contributed by atoms with Crippen molar-refractivity contribution in [2.45, 2.75) is 0 Å². The topological polar surface area (TPSA) is 79.4 Å². The summed E-state index contributed by atoms with van der Waals surface area (Å²) in [6.45, 7) is 4.92. The van der Waals surface area contributed by atoms with Crippen molar-refractivity contribution >= 4 is 40.7 Å². The Labute approximate surface area is 161 Å². The molecule has 1 aliphatic rings. The monoisotopic (exact) mass is 395 g/mol. The van der Waals surface area contributed by atoms with Crippen LogP contribution in [0.15, 0.2) is 30.5 Å². The van der Waals surface area contributed by atoms with Crippen molar-refractivity contribution < 1.29 is 9.53 Å². The molecule has 0 aliphatic carbocycles. The highest BCUT2D eigenvalue weighted by molar-refractivity contribution is 6.44. The number of morpholine rings is 1. The van der Waals surface area contributed by atoms with Gasteiger partial charge in [-0.05, 0) is 18.2 Å². The molecular weight excluding hydrogens is 377 g/mol. The first-order chi connectivity index (χ1) is 12.6. The van der Waals surface area contributed by atoms with Crippen LogP contribution in [0.1, 0.15) is 10.5 Å². The highest BCUT2D eigenvalue weighted by Gasteiger charge is 2.13. The fraction of sp³-hybridized carbons (Fsp3) is 0.353. The number of rotatable bonds is 6. The van der Waals surface area contributed by atoms with Crippen molar-refractivity contribution in [3.05, 3.63) is 46.2 Å². The first kappa shape index (κ1) is 18.8. The minimum absolute atomic E-state index is 0.241. The van der Waals surface area contributed by atoms with Gasteiger partial charge < -0.3 is 15.4 Å². The van der Waals surface area contributed by atoms with Gasteiger partial charge in [0.25, 0.3) is 5.91 Å². The molecule has 1 saturated heterocycles. The van der Waals surface area contributed by atoms with E-state index in [0.29, 0.717) is 28.2 Å². The Bertz CT molecular complexity index is 769. The van der Waals surface area contributed by atoms with Crippen LogP contribution in [0.2, 0.25) is 10.0 Å². The summed E-state index contributed by atoms with van der Waals surface area (Å²) in [5.74, 6) is 0.0240. The van der Waals surface area contributed by atoms with Crippen molar-refractivity contribution in [2.24, 2.45) is 0 Å². The van der Waals surface area contributed by atoms with Gasteiger partial charge >= 0.3 is 0 Å². The molecular formula is C17H19Cl2N5O2. The molecule has 7 nitrogen and oxygen atoms in total. The fourth-order valence-corrected chi connectivity index (χ4v) is 2.86. The number of halogens is 2. The van der Waals surface area contributed by atoms with E-state index >= 15 is 0 Å². The van der Waals surface area contributed by atoms with Gasteiger partial charge in [0.15, 0.2) is 0 Å². The van der Waals surface area contributed by atoms with E-state index in [-0.39, 0.29) is 11.6 Å². The first-order valence-electron chi connectivity index (χ1n) is 8.26. The highest BCUT2D eigenvalue weighted by atomic mass is 35.5. The predicted octanol–water partition coefficient (Wildman–Crippen LogP) is 2.78. The number of nitrogens with zero attached hydrogens (tertiary/aromatic N) is 3. The second kappa shape index (κ2) is 9.14. The summed E-state index contributed by atoms with van der Waals surface area (Å²) in [6, 6.07) is 6.58. The van der Waals surface area contributed by atoms with Crippen LogP contribution in [0, 0.1) is 0 Å². The number of ether oxygens (including phenoxy) is 1. The van der Waals surface area contributed by atoms with E-state index in [0.717, 1.165) is 32.8 Å². The molecule has 0 spiro atoms. The lowest BCUT2D eigenvalue weighted by Gasteiger charge is -2.26. The van der Waals surface area contributed by atoms with E-state index in [1.807, 2.05) is 0 Å². The van der Waals surface area contributed by atoms with Gasteiger partial charge in [-0.25, -0.2) is 9.97 Å². The molecule has 26 heavy (non-hydrogen) atoms. The molecule has 9 heteroatoms. The molecule has 1 aromatic heterocycles. The van der Waals surface area contributed by atoms with Crippen molar-refractivity contribution in [3.8, 4) is 0 Å². The molecule has 2 aromatic rings. The number of hydrogen-bond donors (Lipinski definition) is 2. The van der Waals surface area contributed by atoms with E-state index in [4.69, 9.17) is 27.9 Å². The van der Waals surface area contributed by atoms with Crippen LogP contribution >= 0.6 is 23.2 Å². The SMILES string of the molecule is O=C(Nc1cccc(Cl)c1Cl)c1ccnc(NCCN2CCOCC2)n1. The molecule has 0 radical (unpaired) electrons. The van der Waals surface area contributed by atoms with Crippen LogP contribution < -0.4 is 10.6 Å². The van der Waals surface area contributed by atoms with Crippen molar-refractivity contribution in [3.63, 3.8) is 0 Å². The van der Waals surface area contributed by atoms with Gasteiger partial charge in [-0.2, -0.15) is 0 Å². The Kier molecular flexibility index (Phi) is 6.62. The average Bonchev–Trinajstić information content (AvgIpc) is 2.66. The zero-order valence-electron chi connectivity index (χ0n) is 14.0. The smallest absolute Gasteiger partial charge is 0.274 e. The normalized spacial score (nSPS) is 14.8.